The van der Waals surface area contributed by atoms with Crippen molar-refractivity contribution in [3.05, 3.63) is 29.8 Å². The first-order valence-electron chi connectivity index (χ1n) is 6.26. The van der Waals surface area contributed by atoms with E-state index in [9.17, 15) is 12.3 Å². The van der Waals surface area contributed by atoms with Gasteiger partial charge >= 0.3 is 10.4 Å². The van der Waals surface area contributed by atoms with E-state index in [1.807, 2.05) is 12.1 Å². The molecule has 0 heterocycles. The smallest absolute Gasteiger partial charge is 0.257 e. The molecule has 0 saturated carbocycles. The second-order valence-corrected chi connectivity index (χ2v) is 5.58. The van der Waals surface area contributed by atoms with Crippen LogP contribution in [0.5, 0.6) is 0 Å². The summed E-state index contributed by atoms with van der Waals surface area (Å²) in [6, 6.07) is 6.86. The monoisotopic (exact) mass is 273 g/mol. The van der Waals surface area contributed by atoms with Crippen LogP contribution in [0.4, 0.5) is 9.57 Å². The van der Waals surface area contributed by atoms with Crippen LogP contribution in [-0.4, -0.2) is 8.42 Å². The Kier molecular flexibility index (Phi) is 5.59. The highest BCUT2D eigenvalue weighted by Gasteiger charge is 2.08. The molecule has 0 radical (unpaired) electrons. The Balaban J connectivity index is 2.65. The number of hydrogen-bond donors (Lipinski definition) is 1. The van der Waals surface area contributed by atoms with Gasteiger partial charge in [-0.05, 0) is 30.0 Å². The second-order valence-electron chi connectivity index (χ2n) is 4.50. The van der Waals surface area contributed by atoms with Crippen molar-refractivity contribution in [3.63, 3.8) is 0 Å². The molecule has 5 heteroatoms. The van der Waals surface area contributed by atoms with E-state index < -0.39 is 10.4 Å². The summed E-state index contributed by atoms with van der Waals surface area (Å²) in [5.74, 6) is 0.652. The largest absolute Gasteiger partial charge is 0.396 e. The maximum Gasteiger partial charge on any atom is 0.396 e. The van der Waals surface area contributed by atoms with Crippen LogP contribution in [0.1, 0.15) is 38.7 Å². The molecule has 0 fully saturated rings. The third-order valence-corrected chi connectivity index (χ3v) is 3.47. The van der Waals surface area contributed by atoms with Crippen LogP contribution in [-0.2, 0) is 16.8 Å². The molecule has 102 valence electrons. The van der Waals surface area contributed by atoms with Crippen molar-refractivity contribution < 1.29 is 12.3 Å². The number of anilines is 1. The van der Waals surface area contributed by atoms with Crippen LogP contribution in [0.15, 0.2) is 24.3 Å². The predicted octanol–water partition coefficient (Wildman–Crippen LogP) is 3.68. The lowest BCUT2D eigenvalue weighted by Gasteiger charge is -2.13. The zero-order valence-electron chi connectivity index (χ0n) is 10.8. The van der Waals surface area contributed by atoms with Gasteiger partial charge < -0.3 is 0 Å². The second kappa shape index (κ2) is 6.73. The van der Waals surface area contributed by atoms with Crippen molar-refractivity contribution in [3.8, 4) is 0 Å². The van der Waals surface area contributed by atoms with Gasteiger partial charge in [0.05, 0.1) is 5.69 Å². The van der Waals surface area contributed by atoms with Gasteiger partial charge in [0.15, 0.2) is 0 Å². The molecule has 0 spiro atoms. The lowest BCUT2D eigenvalue weighted by atomic mass is 9.93. The van der Waals surface area contributed by atoms with Crippen molar-refractivity contribution in [1.82, 2.24) is 0 Å². The van der Waals surface area contributed by atoms with E-state index in [1.54, 1.807) is 16.9 Å². The van der Waals surface area contributed by atoms with Gasteiger partial charge in [0.2, 0.25) is 0 Å². The Morgan fingerprint density at radius 1 is 1.22 bits per heavy atom. The van der Waals surface area contributed by atoms with E-state index in [2.05, 4.69) is 13.8 Å². The highest BCUT2D eigenvalue weighted by atomic mass is 32.3. The maximum absolute atomic E-state index is 12.4. The van der Waals surface area contributed by atoms with E-state index in [0.717, 1.165) is 24.8 Å². The molecule has 1 unspecified atom stereocenters. The lowest BCUT2D eigenvalue weighted by Crippen LogP contribution is -2.06. The number of nitrogens with one attached hydrogen (secondary N) is 1. The van der Waals surface area contributed by atoms with E-state index >= 15 is 0 Å². The minimum Gasteiger partial charge on any atom is -0.257 e. The molecule has 0 amide bonds. The Hall–Kier alpha value is -1.10. The zero-order chi connectivity index (χ0) is 13.6. The van der Waals surface area contributed by atoms with Crippen molar-refractivity contribution in [2.45, 2.75) is 39.5 Å². The molecule has 1 aromatic carbocycles. The summed E-state index contributed by atoms with van der Waals surface area (Å²) in [4.78, 5) is 0. The third kappa shape index (κ3) is 5.49. The van der Waals surface area contributed by atoms with E-state index in [0.29, 0.717) is 5.92 Å². The van der Waals surface area contributed by atoms with Gasteiger partial charge in [-0.2, -0.15) is 8.42 Å². The first kappa shape index (κ1) is 15.0. The van der Waals surface area contributed by atoms with Crippen molar-refractivity contribution in [1.29, 1.82) is 0 Å². The normalized spacial score (nSPS) is 13.3. The molecule has 0 aliphatic carbocycles. The fourth-order valence-electron chi connectivity index (χ4n) is 2.04. The zero-order valence-corrected chi connectivity index (χ0v) is 11.6. The Labute approximate surface area is 109 Å². The van der Waals surface area contributed by atoms with E-state index in [1.165, 1.54) is 6.42 Å². The molecule has 1 N–H and O–H groups in total. The van der Waals surface area contributed by atoms with Crippen molar-refractivity contribution in [2.24, 2.45) is 5.92 Å². The molecule has 0 aliphatic heterocycles. The van der Waals surface area contributed by atoms with Crippen molar-refractivity contribution in [2.75, 3.05) is 4.72 Å². The average Bonchev–Trinajstić information content (AvgIpc) is 2.29. The van der Waals surface area contributed by atoms with Crippen molar-refractivity contribution >= 4 is 16.1 Å². The van der Waals surface area contributed by atoms with E-state index in [4.69, 9.17) is 0 Å². The highest BCUT2D eigenvalue weighted by Crippen LogP contribution is 2.19. The maximum atomic E-state index is 12.4. The molecular formula is C13H20FNO2S. The van der Waals surface area contributed by atoms with Gasteiger partial charge in [-0.25, -0.2) is 0 Å². The molecule has 0 aliphatic rings. The van der Waals surface area contributed by atoms with Gasteiger partial charge in [0.25, 0.3) is 0 Å². The summed E-state index contributed by atoms with van der Waals surface area (Å²) in [7, 11) is -4.68. The summed E-state index contributed by atoms with van der Waals surface area (Å²) in [5, 5.41) is 0. The fraction of sp³-hybridized carbons (Fsp3) is 0.538. The molecule has 0 saturated heterocycles. The van der Waals surface area contributed by atoms with Gasteiger partial charge in [0, 0.05) is 0 Å². The lowest BCUT2D eigenvalue weighted by molar-refractivity contribution is 0.462. The molecule has 3 nitrogen and oxygen atoms in total. The number of rotatable bonds is 7. The summed E-state index contributed by atoms with van der Waals surface area (Å²) in [6.07, 6.45) is 4.47. The van der Waals surface area contributed by atoms with Crippen LogP contribution < -0.4 is 4.72 Å². The summed E-state index contributed by atoms with van der Waals surface area (Å²) in [6.45, 7) is 4.34. The minimum atomic E-state index is -4.68. The summed E-state index contributed by atoms with van der Waals surface area (Å²) >= 11 is 0. The molecule has 1 rings (SSSR count). The fourth-order valence-corrected chi connectivity index (χ4v) is 2.46. The van der Waals surface area contributed by atoms with Crippen LogP contribution in [0.3, 0.4) is 0 Å². The first-order chi connectivity index (χ1) is 8.44. The predicted molar refractivity (Wildman–Crippen MR) is 72.5 cm³/mol. The standard InChI is InChI=1S/C13H20FNO2S/c1-3-5-11(4-2)10-12-6-8-13(9-7-12)15-18(14,16)17/h6-9,11,15H,3-5,10H2,1-2H3. The average molecular weight is 273 g/mol. The number of hydrogen-bond acceptors (Lipinski definition) is 2. The molecule has 18 heavy (non-hydrogen) atoms. The highest BCUT2D eigenvalue weighted by molar-refractivity contribution is 7.87. The van der Waals surface area contributed by atoms with Crippen LogP contribution in [0, 0.1) is 5.92 Å². The van der Waals surface area contributed by atoms with Gasteiger partial charge in [-0.15, -0.1) is 0 Å². The Morgan fingerprint density at radius 2 is 1.83 bits per heavy atom. The van der Waals surface area contributed by atoms with Gasteiger partial charge in [-0.3, -0.25) is 4.72 Å². The summed E-state index contributed by atoms with van der Waals surface area (Å²) in [5.41, 5.74) is 1.40. The summed E-state index contributed by atoms with van der Waals surface area (Å²) < 4.78 is 35.0. The Morgan fingerprint density at radius 3 is 2.28 bits per heavy atom. The molecule has 1 atom stereocenters. The minimum absolute atomic E-state index is 0.254. The molecular weight excluding hydrogens is 253 g/mol. The third-order valence-electron chi connectivity index (χ3n) is 2.99. The molecule has 0 bridgehead atoms. The van der Waals surface area contributed by atoms with Crippen LogP contribution in [0.25, 0.3) is 0 Å². The van der Waals surface area contributed by atoms with Crippen LogP contribution in [0.2, 0.25) is 0 Å². The van der Waals surface area contributed by atoms with E-state index in [-0.39, 0.29) is 5.69 Å². The quantitative estimate of drug-likeness (QED) is 0.770. The first-order valence-corrected chi connectivity index (χ1v) is 7.64. The van der Waals surface area contributed by atoms with Crippen LogP contribution >= 0.6 is 0 Å². The number of benzene rings is 1. The Bertz CT molecular complexity index is 456. The molecule has 0 aromatic heterocycles. The topological polar surface area (TPSA) is 46.2 Å². The van der Waals surface area contributed by atoms with Gasteiger partial charge in [0.1, 0.15) is 0 Å². The number of halogens is 1. The SMILES string of the molecule is CCCC(CC)Cc1ccc(NS(=O)(=O)F)cc1. The van der Waals surface area contributed by atoms with Gasteiger partial charge in [-0.1, -0.05) is 49.1 Å². The molecule has 1 aromatic rings.